The van der Waals surface area contributed by atoms with Crippen LogP contribution in [-0.4, -0.2) is 6.18 Å². The lowest BCUT2D eigenvalue weighted by molar-refractivity contribution is -0.187. The molecule has 0 bridgehead atoms. The van der Waals surface area contributed by atoms with Crippen molar-refractivity contribution in [3.63, 3.8) is 0 Å². The van der Waals surface area contributed by atoms with Crippen LogP contribution in [-0.2, 0) is 5.54 Å². The van der Waals surface area contributed by atoms with Crippen LogP contribution in [0.5, 0.6) is 0 Å². The first-order valence-corrected chi connectivity index (χ1v) is 6.03. The predicted molar refractivity (Wildman–Crippen MR) is 60.2 cm³/mol. The minimum absolute atomic E-state index is 0.0141. The van der Waals surface area contributed by atoms with E-state index in [2.05, 4.69) is 0 Å². The molecule has 0 heterocycles. The van der Waals surface area contributed by atoms with Crippen molar-refractivity contribution < 1.29 is 22.0 Å². The number of hydrogen-bond acceptors (Lipinski definition) is 1. The fourth-order valence-corrected chi connectivity index (χ4v) is 2.69. The number of nitrogens with two attached hydrogens (primary N) is 1. The minimum atomic E-state index is -4.32. The number of benzene rings is 1. The molecule has 2 unspecified atom stereocenters. The monoisotopic (exact) mass is 279 g/mol. The predicted octanol–water partition coefficient (Wildman–Crippen LogP) is 3.87. The van der Waals surface area contributed by atoms with E-state index in [0.717, 1.165) is 12.1 Å². The molecule has 0 amide bonds. The summed E-state index contributed by atoms with van der Waals surface area (Å²) >= 11 is 0. The maximum Gasteiger partial charge on any atom is 0.391 e. The van der Waals surface area contributed by atoms with E-state index >= 15 is 0 Å². The van der Waals surface area contributed by atoms with Gasteiger partial charge in [0.2, 0.25) is 0 Å². The fraction of sp³-hybridized carbons (Fsp3) is 0.538. The van der Waals surface area contributed by atoms with Gasteiger partial charge in [0.25, 0.3) is 0 Å². The van der Waals surface area contributed by atoms with Crippen molar-refractivity contribution in [3.8, 4) is 0 Å². The third-order valence-electron chi connectivity index (χ3n) is 3.69. The Morgan fingerprint density at radius 1 is 1.11 bits per heavy atom. The topological polar surface area (TPSA) is 26.0 Å². The Bertz CT molecular complexity index is 450. The van der Waals surface area contributed by atoms with Crippen LogP contribution < -0.4 is 5.73 Å². The van der Waals surface area contributed by atoms with Crippen LogP contribution in [0.4, 0.5) is 22.0 Å². The van der Waals surface area contributed by atoms with Crippen molar-refractivity contribution in [2.24, 2.45) is 11.7 Å². The first-order chi connectivity index (χ1) is 8.71. The lowest BCUT2D eigenvalue weighted by Crippen LogP contribution is -2.45. The van der Waals surface area contributed by atoms with Gasteiger partial charge in [0.1, 0.15) is 11.6 Å². The molecular formula is C13H14F5N. The molecule has 0 radical (unpaired) electrons. The maximum atomic E-state index is 13.2. The Labute approximate surface area is 107 Å². The van der Waals surface area contributed by atoms with Crippen molar-refractivity contribution in [1.29, 1.82) is 0 Å². The van der Waals surface area contributed by atoms with Gasteiger partial charge in [-0.2, -0.15) is 13.2 Å². The lowest BCUT2D eigenvalue weighted by Gasteiger charge is -2.39. The summed E-state index contributed by atoms with van der Waals surface area (Å²) in [6, 6.07) is 2.71. The largest absolute Gasteiger partial charge is 0.391 e. The Kier molecular flexibility index (Phi) is 3.55. The normalized spacial score (nSPS) is 28.4. The highest BCUT2D eigenvalue weighted by Gasteiger charge is 2.46. The van der Waals surface area contributed by atoms with E-state index in [-0.39, 0.29) is 18.4 Å². The molecule has 0 aromatic heterocycles. The van der Waals surface area contributed by atoms with Crippen molar-refractivity contribution in [2.75, 3.05) is 0 Å². The summed E-state index contributed by atoms with van der Waals surface area (Å²) in [6.45, 7) is 0. The Hall–Kier alpha value is -1.17. The quantitative estimate of drug-likeness (QED) is 0.776. The molecule has 0 saturated heterocycles. The first-order valence-electron chi connectivity index (χ1n) is 6.03. The van der Waals surface area contributed by atoms with Gasteiger partial charge in [-0.1, -0.05) is 6.42 Å². The third-order valence-corrected chi connectivity index (χ3v) is 3.69. The number of hydrogen-bond donors (Lipinski definition) is 1. The molecule has 1 aromatic carbocycles. The molecule has 1 aliphatic rings. The average Bonchev–Trinajstić information content (AvgIpc) is 2.26. The molecule has 1 aromatic rings. The highest BCUT2D eigenvalue weighted by atomic mass is 19.4. The molecule has 0 aliphatic heterocycles. The summed E-state index contributed by atoms with van der Waals surface area (Å²) in [5.41, 5.74) is 4.75. The molecule has 19 heavy (non-hydrogen) atoms. The molecule has 6 heteroatoms. The molecule has 2 N–H and O–H groups in total. The third kappa shape index (κ3) is 3.05. The molecule has 2 rings (SSSR count). The summed E-state index contributed by atoms with van der Waals surface area (Å²) in [4.78, 5) is 0. The van der Waals surface area contributed by atoms with Gasteiger partial charge in [0.15, 0.2) is 0 Å². The van der Waals surface area contributed by atoms with Crippen LogP contribution >= 0.6 is 0 Å². The number of rotatable bonds is 1. The number of halogens is 5. The zero-order valence-corrected chi connectivity index (χ0v) is 10.1. The van der Waals surface area contributed by atoms with Gasteiger partial charge >= 0.3 is 6.18 Å². The van der Waals surface area contributed by atoms with Gasteiger partial charge in [0, 0.05) is 11.6 Å². The van der Waals surface area contributed by atoms with Gasteiger partial charge in [-0.05, 0) is 37.0 Å². The second-order valence-electron chi connectivity index (χ2n) is 5.15. The molecule has 106 valence electrons. The van der Waals surface area contributed by atoms with Crippen molar-refractivity contribution in [2.45, 2.75) is 37.4 Å². The van der Waals surface area contributed by atoms with E-state index in [9.17, 15) is 22.0 Å². The summed E-state index contributed by atoms with van der Waals surface area (Å²) in [5.74, 6) is -3.17. The van der Waals surface area contributed by atoms with E-state index in [1.54, 1.807) is 0 Å². The van der Waals surface area contributed by atoms with Crippen molar-refractivity contribution in [1.82, 2.24) is 0 Å². The van der Waals surface area contributed by atoms with Gasteiger partial charge in [-0.3, -0.25) is 0 Å². The van der Waals surface area contributed by atoms with E-state index < -0.39 is 29.3 Å². The van der Waals surface area contributed by atoms with E-state index in [0.29, 0.717) is 18.9 Å². The van der Waals surface area contributed by atoms with E-state index in [4.69, 9.17) is 5.73 Å². The smallest absolute Gasteiger partial charge is 0.321 e. The summed E-state index contributed by atoms with van der Waals surface area (Å²) in [7, 11) is 0. The molecule has 1 fully saturated rings. The summed E-state index contributed by atoms with van der Waals surface area (Å²) < 4.78 is 64.6. The second kappa shape index (κ2) is 4.74. The Morgan fingerprint density at radius 3 is 2.21 bits per heavy atom. The maximum absolute atomic E-state index is 13.2. The zero-order valence-electron chi connectivity index (χ0n) is 10.1. The Morgan fingerprint density at radius 2 is 1.68 bits per heavy atom. The van der Waals surface area contributed by atoms with Crippen molar-refractivity contribution in [3.05, 3.63) is 35.4 Å². The second-order valence-corrected chi connectivity index (χ2v) is 5.15. The van der Waals surface area contributed by atoms with Gasteiger partial charge in [0.05, 0.1) is 5.92 Å². The molecule has 1 nitrogen and oxygen atoms in total. The fourth-order valence-electron chi connectivity index (χ4n) is 2.69. The minimum Gasteiger partial charge on any atom is -0.321 e. The van der Waals surface area contributed by atoms with Crippen molar-refractivity contribution >= 4 is 0 Å². The lowest BCUT2D eigenvalue weighted by atomic mass is 9.72. The van der Waals surface area contributed by atoms with E-state index in [1.807, 2.05) is 0 Å². The highest BCUT2D eigenvalue weighted by molar-refractivity contribution is 5.26. The van der Waals surface area contributed by atoms with Crippen LogP contribution in [0.25, 0.3) is 0 Å². The molecule has 1 saturated carbocycles. The van der Waals surface area contributed by atoms with Crippen LogP contribution in [0.1, 0.15) is 31.2 Å². The van der Waals surface area contributed by atoms with Gasteiger partial charge < -0.3 is 5.73 Å². The Balaban J connectivity index is 2.31. The SMILES string of the molecule is NC1(c2cc(F)cc(F)c2)CCCC(C(F)(F)F)C1. The van der Waals surface area contributed by atoms with E-state index in [1.165, 1.54) is 0 Å². The van der Waals surface area contributed by atoms with Crippen LogP contribution in [0.3, 0.4) is 0 Å². The number of alkyl halides is 3. The van der Waals surface area contributed by atoms with Gasteiger partial charge in [-0.25, -0.2) is 8.78 Å². The summed E-state index contributed by atoms with van der Waals surface area (Å²) in [6.07, 6.45) is -4.06. The molecule has 2 atom stereocenters. The van der Waals surface area contributed by atoms with Crippen LogP contribution in [0.15, 0.2) is 18.2 Å². The molecule has 0 spiro atoms. The standard InChI is InChI=1S/C13H14F5N/c14-10-4-9(5-11(15)6-10)12(19)3-1-2-8(7-12)13(16,17)18/h4-6,8H,1-3,7,19H2. The van der Waals surface area contributed by atoms with Crippen LogP contribution in [0.2, 0.25) is 0 Å². The average molecular weight is 279 g/mol. The molecular weight excluding hydrogens is 265 g/mol. The highest BCUT2D eigenvalue weighted by Crippen LogP contribution is 2.44. The summed E-state index contributed by atoms with van der Waals surface area (Å²) in [5, 5.41) is 0. The first kappa shape index (κ1) is 14.2. The zero-order chi connectivity index (χ0) is 14.3. The van der Waals surface area contributed by atoms with Gasteiger partial charge in [-0.15, -0.1) is 0 Å². The molecule has 1 aliphatic carbocycles. The van der Waals surface area contributed by atoms with Crippen LogP contribution in [0, 0.1) is 17.6 Å².